The lowest BCUT2D eigenvalue weighted by Crippen LogP contribution is -2.46. The van der Waals surface area contributed by atoms with Crippen molar-refractivity contribution >= 4 is 0 Å². The summed E-state index contributed by atoms with van der Waals surface area (Å²) in [7, 11) is 1.97. The maximum Gasteiger partial charge on any atom is 0.0613 e. The molecule has 0 radical (unpaired) electrons. The molecule has 2 N–H and O–H groups in total. The Kier molecular flexibility index (Phi) is 8.08. The second kappa shape index (κ2) is 9.01. The first kappa shape index (κ1) is 17.9. The minimum absolute atomic E-state index is 0.0703. The third-order valence-electron chi connectivity index (χ3n) is 5.05. The van der Waals surface area contributed by atoms with Crippen LogP contribution >= 0.6 is 0 Å². The lowest BCUT2D eigenvalue weighted by Gasteiger charge is -2.34. The fourth-order valence-corrected chi connectivity index (χ4v) is 3.53. The molecular formula is C17H36N2O. The number of nitrogens with one attached hydrogen (secondary N) is 1. The predicted octanol–water partition coefficient (Wildman–Crippen LogP) is 3.03. The molecule has 120 valence electrons. The SMILES string of the molecule is CCC(CO)(CCCN(CC(C)C)C1CCCC1)NC. The lowest BCUT2D eigenvalue weighted by atomic mass is 9.91. The Morgan fingerprint density at radius 2 is 1.95 bits per heavy atom. The van der Waals surface area contributed by atoms with Gasteiger partial charge in [0, 0.05) is 18.1 Å². The molecule has 0 aliphatic heterocycles. The van der Waals surface area contributed by atoms with Crippen molar-refractivity contribution in [2.75, 3.05) is 26.7 Å². The standard InChI is InChI=1S/C17H36N2O/c1-5-17(14-20,18-4)11-8-12-19(13-15(2)3)16-9-6-7-10-16/h15-16,18,20H,5-14H2,1-4H3. The van der Waals surface area contributed by atoms with Crippen LogP contribution in [0, 0.1) is 5.92 Å². The highest BCUT2D eigenvalue weighted by molar-refractivity contribution is 4.85. The maximum atomic E-state index is 9.62. The van der Waals surface area contributed by atoms with Gasteiger partial charge in [0.1, 0.15) is 0 Å². The van der Waals surface area contributed by atoms with Crippen LogP contribution in [0.4, 0.5) is 0 Å². The van der Waals surface area contributed by atoms with Gasteiger partial charge < -0.3 is 15.3 Å². The van der Waals surface area contributed by atoms with E-state index in [2.05, 4.69) is 31.0 Å². The summed E-state index contributed by atoms with van der Waals surface area (Å²) in [5.74, 6) is 0.744. The Balaban J connectivity index is 2.44. The van der Waals surface area contributed by atoms with E-state index in [0.717, 1.165) is 24.8 Å². The molecule has 0 aromatic carbocycles. The quantitative estimate of drug-likeness (QED) is 0.647. The smallest absolute Gasteiger partial charge is 0.0613 e. The van der Waals surface area contributed by atoms with Gasteiger partial charge in [0.15, 0.2) is 0 Å². The van der Waals surface area contributed by atoms with Crippen molar-refractivity contribution in [2.45, 2.75) is 77.3 Å². The average Bonchev–Trinajstić information content (AvgIpc) is 2.96. The molecule has 0 saturated heterocycles. The lowest BCUT2D eigenvalue weighted by molar-refractivity contribution is 0.132. The highest BCUT2D eigenvalue weighted by Gasteiger charge is 2.27. The van der Waals surface area contributed by atoms with Gasteiger partial charge in [0.05, 0.1) is 6.61 Å². The van der Waals surface area contributed by atoms with Crippen molar-refractivity contribution in [3.63, 3.8) is 0 Å². The van der Waals surface area contributed by atoms with Crippen LogP contribution in [0.5, 0.6) is 0 Å². The molecule has 1 aliphatic carbocycles. The summed E-state index contributed by atoms with van der Waals surface area (Å²) < 4.78 is 0. The third kappa shape index (κ3) is 5.34. The fourth-order valence-electron chi connectivity index (χ4n) is 3.53. The Hall–Kier alpha value is -0.120. The van der Waals surface area contributed by atoms with Crippen LogP contribution in [-0.2, 0) is 0 Å². The van der Waals surface area contributed by atoms with Gasteiger partial charge in [-0.2, -0.15) is 0 Å². The minimum Gasteiger partial charge on any atom is -0.394 e. The van der Waals surface area contributed by atoms with E-state index < -0.39 is 0 Å². The number of hydrogen-bond acceptors (Lipinski definition) is 3. The predicted molar refractivity (Wildman–Crippen MR) is 87.1 cm³/mol. The van der Waals surface area contributed by atoms with E-state index in [1.807, 2.05) is 7.05 Å². The zero-order valence-corrected chi connectivity index (χ0v) is 14.1. The molecule has 3 heteroatoms. The van der Waals surface area contributed by atoms with E-state index in [1.54, 1.807) is 0 Å². The average molecular weight is 284 g/mol. The van der Waals surface area contributed by atoms with Crippen LogP contribution in [0.1, 0.15) is 65.7 Å². The first-order chi connectivity index (χ1) is 9.56. The molecule has 1 aliphatic rings. The molecule has 3 nitrogen and oxygen atoms in total. The molecule has 1 rings (SSSR count). The largest absolute Gasteiger partial charge is 0.394 e. The molecule has 0 bridgehead atoms. The number of hydrogen-bond donors (Lipinski definition) is 2. The van der Waals surface area contributed by atoms with Crippen molar-refractivity contribution in [1.82, 2.24) is 10.2 Å². The van der Waals surface area contributed by atoms with Crippen LogP contribution in [0.3, 0.4) is 0 Å². The summed E-state index contributed by atoms with van der Waals surface area (Å²) in [4.78, 5) is 2.71. The molecule has 20 heavy (non-hydrogen) atoms. The normalized spacial score (nSPS) is 19.9. The molecule has 1 atom stereocenters. The van der Waals surface area contributed by atoms with Gasteiger partial charge >= 0.3 is 0 Å². The second-order valence-electron chi connectivity index (χ2n) is 6.97. The second-order valence-corrected chi connectivity index (χ2v) is 6.97. The number of aliphatic hydroxyl groups is 1. The Morgan fingerprint density at radius 3 is 2.40 bits per heavy atom. The first-order valence-electron chi connectivity index (χ1n) is 8.60. The first-order valence-corrected chi connectivity index (χ1v) is 8.60. The zero-order chi connectivity index (χ0) is 15.0. The van der Waals surface area contributed by atoms with Crippen LogP contribution in [-0.4, -0.2) is 48.3 Å². The van der Waals surface area contributed by atoms with E-state index in [9.17, 15) is 5.11 Å². The molecule has 0 heterocycles. The van der Waals surface area contributed by atoms with Gasteiger partial charge in [0.25, 0.3) is 0 Å². The highest BCUT2D eigenvalue weighted by Crippen LogP contribution is 2.25. The molecule has 1 saturated carbocycles. The summed E-state index contributed by atoms with van der Waals surface area (Å²) >= 11 is 0. The summed E-state index contributed by atoms with van der Waals surface area (Å²) in [6.45, 7) is 9.46. The number of likely N-dealkylation sites (N-methyl/N-ethyl adjacent to an activating group) is 1. The summed E-state index contributed by atoms with van der Waals surface area (Å²) in [5.41, 5.74) is -0.0703. The third-order valence-corrected chi connectivity index (χ3v) is 5.05. The van der Waals surface area contributed by atoms with Gasteiger partial charge in [-0.3, -0.25) is 0 Å². The monoisotopic (exact) mass is 284 g/mol. The summed E-state index contributed by atoms with van der Waals surface area (Å²) in [6, 6.07) is 0.817. The van der Waals surface area contributed by atoms with Crippen LogP contribution in [0.2, 0.25) is 0 Å². The topological polar surface area (TPSA) is 35.5 Å². The Bertz CT molecular complexity index is 237. The van der Waals surface area contributed by atoms with Gasteiger partial charge in [-0.15, -0.1) is 0 Å². The molecule has 1 fully saturated rings. The van der Waals surface area contributed by atoms with Gasteiger partial charge in [0.2, 0.25) is 0 Å². The van der Waals surface area contributed by atoms with Crippen molar-refractivity contribution < 1.29 is 5.11 Å². The Labute approximate surface area is 126 Å². The fraction of sp³-hybridized carbons (Fsp3) is 1.00. The van der Waals surface area contributed by atoms with E-state index in [-0.39, 0.29) is 12.1 Å². The van der Waals surface area contributed by atoms with E-state index in [0.29, 0.717) is 0 Å². The van der Waals surface area contributed by atoms with Crippen molar-refractivity contribution in [3.05, 3.63) is 0 Å². The molecule has 0 spiro atoms. The Morgan fingerprint density at radius 1 is 1.30 bits per heavy atom. The number of rotatable bonds is 10. The number of aliphatic hydroxyl groups excluding tert-OH is 1. The molecular weight excluding hydrogens is 248 g/mol. The van der Waals surface area contributed by atoms with Crippen LogP contribution in [0.15, 0.2) is 0 Å². The van der Waals surface area contributed by atoms with Gasteiger partial charge in [-0.1, -0.05) is 33.6 Å². The van der Waals surface area contributed by atoms with Crippen molar-refractivity contribution in [3.8, 4) is 0 Å². The molecule has 1 unspecified atom stereocenters. The van der Waals surface area contributed by atoms with E-state index >= 15 is 0 Å². The number of nitrogens with zero attached hydrogens (tertiary/aromatic N) is 1. The maximum absolute atomic E-state index is 9.62. The molecule has 0 aromatic heterocycles. The minimum atomic E-state index is -0.0703. The van der Waals surface area contributed by atoms with Gasteiger partial charge in [-0.05, 0) is 51.6 Å². The van der Waals surface area contributed by atoms with Crippen molar-refractivity contribution in [2.24, 2.45) is 5.92 Å². The van der Waals surface area contributed by atoms with E-state index in [1.165, 1.54) is 45.2 Å². The van der Waals surface area contributed by atoms with Crippen molar-refractivity contribution in [1.29, 1.82) is 0 Å². The summed E-state index contributed by atoms with van der Waals surface area (Å²) in [6.07, 6.45) is 8.83. The van der Waals surface area contributed by atoms with Crippen LogP contribution < -0.4 is 5.32 Å². The van der Waals surface area contributed by atoms with Gasteiger partial charge in [-0.25, -0.2) is 0 Å². The molecule has 0 aromatic rings. The summed E-state index contributed by atoms with van der Waals surface area (Å²) in [5, 5.41) is 13.0. The zero-order valence-electron chi connectivity index (χ0n) is 14.1. The van der Waals surface area contributed by atoms with E-state index in [4.69, 9.17) is 0 Å². The highest BCUT2D eigenvalue weighted by atomic mass is 16.3. The molecule has 0 amide bonds. The van der Waals surface area contributed by atoms with Crippen LogP contribution in [0.25, 0.3) is 0 Å².